The van der Waals surface area contributed by atoms with E-state index in [9.17, 15) is 0 Å². The molecule has 0 saturated heterocycles. The molecular formula is C15H17BrN2O. The van der Waals surface area contributed by atoms with E-state index in [0.29, 0.717) is 11.9 Å². The lowest BCUT2D eigenvalue weighted by atomic mass is 10.1. The Morgan fingerprint density at radius 2 is 1.95 bits per heavy atom. The van der Waals surface area contributed by atoms with Gasteiger partial charge in [-0.15, -0.1) is 0 Å². The third kappa shape index (κ3) is 4.04. The van der Waals surface area contributed by atoms with E-state index < -0.39 is 0 Å². The Labute approximate surface area is 122 Å². The summed E-state index contributed by atoms with van der Waals surface area (Å²) in [5.74, 6) is 0.643. The maximum atomic E-state index is 5.04. The van der Waals surface area contributed by atoms with Crippen molar-refractivity contribution in [2.75, 3.05) is 7.11 Å². The van der Waals surface area contributed by atoms with Gasteiger partial charge in [-0.2, -0.15) is 0 Å². The van der Waals surface area contributed by atoms with E-state index >= 15 is 0 Å². The summed E-state index contributed by atoms with van der Waals surface area (Å²) in [5.41, 5.74) is 2.41. The SMILES string of the molecule is COc1ccc(CN[C@@H](C)c2ccc(Br)cc2)cn1. The predicted molar refractivity (Wildman–Crippen MR) is 80.2 cm³/mol. The van der Waals surface area contributed by atoms with Gasteiger partial charge in [0.2, 0.25) is 5.88 Å². The lowest BCUT2D eigenvalue weighted by molar-refractivity contribution is 0.397. The number of nitrogens with zero attached hydrogens (tertiary/aromatic N) is 1. The Bertz CT molecular complexity index is 511. The molecule has 0 amide bonds. The van der Waals surface area contributed by atoms with Gasteiger partial charge in [0.15, 0.2) is 0 Å². The summed E-state index contributed by atoms with van der Waals surface area (Å²) in [6.45, 7) is 2.94. The van der Waals surface area contributed by atoms with Crippen LogP contribution >= 0.6 is 15.9 Å². The number of pyridine rings is 1. The fraction of sp³-hybridized carbons (Fsp3) is 0.267. The molecule has 100 valence electrons. The topological polar surface area (TPSA) is 34.1 Å². The number of methoxy groups -OCH3 is 1. The van der Waals surface area contributed by atoms with Crippen LogP contribution in [0.3, 0.4) is 0 Å². The van der Waals surface area contributed by atoms with E-state index in [0.717, 1.165) is 16.6 Å². The molecule has 1 atom stereocenters. The molecule has 1 aromatic carbocycles. The predicted octanol–water partition coefficient (Wildman–Crippen LogP) is 3.70. The van der Waals surface area contributed by atoms with Crippen molar-refractivity contribution in [2.45, 2.75) is 19.5 Å². The molecule has 0 spiro atoms. The van der Waals surface area contributed by atoms with Gasteiger partial charge in [0, 0.05) is 29.3 Å². The number of hydrogen-bond donors (Lipinski definition) is 1. The van der Waals surface area contributed by atoms with Crippen LogP contribution in [0.15, 0.2) is 47.1 Å². The van der Waals surface area contributed by atoms with Gasteiger partial charge in [-0.3, -0.25) is 0 Å². The summed E-state index contributed by atoms with van der Waals surface area (Å²) >= 11 is 3.44. The molecule has 0 aliphatic rings. The summed E-state index contributed by atoms with van der Waals surface area (Å²) < 4.78 is 6.14. The second kappa shape index (κ2) is 6.68. The summed E-state index contributed by atoms with van der Waals surface area (Å²) in [6, 6.07) is 12.6. The van der Waals surface area contributed by atoms with Crippen LogP contribution in [0.1, 0.15) is 24.1 Å². The Hall–Kier alpha value is -1.39. The smallest absolute Gasteiger partial charge is 0.212 e. The first-order chi connectivity index (χ1) is 9.19. The average molecular weight is 321 g/mol. The molecule has 0 radical (unpaired) electrons. The molecule has 3 nitrogen and oxygen atoms in total. The molecule has 19 heavy (non-hydrogen) atoms. The maximum Gasteiger partial charge on any atom is 0.212 e. The minimum Gasteiger partial charge on any atom is -0.481 e. The van der Waals surface area contributed by atoms with Crippen LogP contribution < -0.4 is 10.1 Å². The van der Waals surface area contributed by atoms with E-state index in [1.54, 1.807) is 7.11 Å². The van der Waals surface area contributed by atoms with E-state index in [1.165, 1.54) is 5.56 Å². The third-order valence-corrected chi connectivity index (χ3v) is 3.52. The van der Waals surface area contributed by atoms with E-state index in [1.807, 2.05) is 18.3 Å². The van der Waals surface area contributed by atoms with Crippen LogP contribution in [-0.2, 0) is 6.54 Å². The van der Waals surface area contributed by atoms with Gasteiger partial charge in [0.25, 0.3) is 0 Å². The normalized spacial score (nSPS) is 12.2. The average Bonchev–Trinajstić information content (AvgIpc) is 2.46. The van der Waals surface area contributed by atoms with Gasteiger partial charge in [0.05, 0.1) is 7.11 Å². The van der Waals surface area contributed by atoms with Crippen LogP contribution in [-0.4, -0.2) is 12.1 Å². The van der Waals surface area contributed by atoms with Crippen LogP contribution in [0, 0.1) is 0 Å². The first-order valence-electron chi connectivity index (χ1n) is 6.17. The van der Waals surface area contributed by atoms with Gasteiger partial charge in [-0.25, -0.2) is 4.98 Å². The number of aromatic nitrogens is 1. The van der Waals surface area contributed by atoms with Crippen molar-refractivity contribution in [3.8, 4) is 5.88 Å². The second-order valence-electron chi connectivity index (χ2n) is 4.36. The Morgan fingerprint density at radius 3 is 2.53 bits per heavy atom. The first-order valence-corrected chi connectivity index (χ1v) is 6.96. The second-order valence-corrected chi connectivity index (χ2v) is 5.28. The van der Waals surface area contributed by atoms with Crippen LogP contribution in [0.5, 0.6) is 5.88 Å². The van der Waals surface area contributed by atoms with Crippen molar-refractivity contribution in [1.82, 2.24) is 10.3 Å². The third-order valence-electron chi connectivity index (χ3n) is 2.99. The van der Waals surface area contributed by atoms with Crippen LogP contribution in [0.4, 0.5) is 0 Å². The zero-order chi connectivity index (χ0) is 13.7. The van der Waals surface area contributed by atoms with Crippen molar-refractivity contribution in [1.29, 1.82) is 0 Å². The molecule has 4 heteroatoms. The molecule has 1 aromatic heterocycles. The minimum absolute atomic E-state index is 0.301. The van der Waals surface area contributed by atoms with Crippen molar-refractivity contribution in [2.24, 2.45) is 0 Å². The van der Waals surface area contributed by atoms with Crippen LogP contribution in [0.2, 0.25) is 0 Å². The quantitative estimate of drug-likeness (QED) is 0.912. The largest absolute Gasteiger partial charge is 0.481 e. The van der Waals surface area contributed by atoms with Gasteiger partial charge in [-0.1, -0.05) is 34.1 Å². The first kappa shape index (κ1) is 14.0. The molecule has 0 fully saturated rings. The van der Waals surface area contributed by atoms with Gasteiger partial charge < -0.3 is 10.1 Å². The lowest BCUT2D eigenvalue weighted by Crippen LogP contribution is -2.18. The molecule has 0 aliphatic carbocycles. The van der Waals surface area contributed by atoms with Crippen molar-refractivity contribution in [3.05, 3.63) is 58.2 Å². The summed E-state index contributed by atoms with van der Waals surface area (Å²) in [6.07, 6.45) is 1.83. The van der Waals surface area contributed by atoms with Crippen molar-refractivity contribution in [3.63, 3.8) is 0 Å². The standard InChI is InChI=1S/C15H17BrN2O/c1-11(13-4-6-14(16)7-5-13)17-9-12-3-8-15(19-2)18-10-12/h3-8,10-11,17H,9H2,1-2H3/t11-/m0/s1. The molecule has 0 unspecified atom stereocenters. The maximum absolute atomic E-state index is 5.04. The zero-order valence-electron chi connectivity index (χ0n) is 11.1. The number of hydrogen-bond acceptors (Lipinski definition) is 3. The fourth-order valence-electron chi connectivity index (χ4n) is 1.78. The van der Waals surface area contributed by atoms with Gasteiger partial charge in [0.1, 0.15) is 0 Å². The molecule has 2 aromatic rings. The molecule has 2 rings (SSSR count). The zero-order valence-corrected chi connectivity index (χ0v) is 12.6. The molecule has 0 bridgehead atoms. The molecule has 1 N–H and O–H groups in total. The minimum atomic E-state index is 0.301. The Morgan fingerprint density at radius 1 is 1.21 bits per heavy atom. The van der Waals surface area contributed by atoms with Gasteiger partial charge >= 0.3 is 0 Å². The summed E-state index contributed by atoms with van der Waals surface area (Å²) in [5, 5.41) is 3.48. The van der Waals surface area contributed by atoms with Crippen molar-refractivity contribution >= 4 is 15.9 Å². The summed E-state index contributed by atoms with van der Waals surface area (Å²) in [7, 11) is 1.62. The Balaban J connectivity index is 1.92. The van der Waals surface area contributed by atoms with Crippen molar-refractivity contribution < 1.29 is 4.74 Å². The van der Waals surface area contributed by atoms with Gasteiger partial charge in [-0.05, 0) is 30.2 Å². The summed E-state index contributed by atoms with van der Waals surface area (Å²) in [4.78, 5) is 4.19. The number of ether oxygens (including phenoxy) is 1. The highest BCUT2D eigenvalue weighted by molar-refractivity contribution is 9.10. The lowest BCUT2D eigenvalue weighted by Gasteiger charge is -2.14. The highest BCUT2D eigenvalue weighted by Gasteiger charge is 2.04. The highest BCUT2D eigenvalue weighted by Crippen LogP contribution is 2.17. The molecule has 0 saturated carbocycles. The number of nitrogens with one attached hydrogen (secondary N) is 1. The fourth-order valence-corrected chi connectivity index (χ4v) is 2.04. The van der Waals surface area contributed by atoms with E-state index in [4.69, 9.17) is 4.74 Å². The highest BCUT2D eigenvalue weighted by atomic mass is 79.9. The number of benzene rings is 1. The Kier molecular flexibility index (Phi) is 4.93. The van der Waals surface area contributed by atoms with E-state index in [-0.39, 0.29) is 0 Å². The molecule has 0 aliphatic heterocycles. The number of rotatable bonds is 5. The molecule has 1 heterocycles. The number of halogens is 1. The monoisotopic (exact) mass is 320 g/mol. The molecular weight excluding hydrogens is 304 g/mol. The van der Waals surface area contributed by atoms with Crippen LogP contribution in [0.25, 0.3) is 0 Å². The van der Waals surface area contributed by atoms with E-state index in [2.05, 4.69) is 57.4 Å².